The number of ketones is 2. The fourth-order valence-electron chi connectivity index (χ4n) is 5.85. The predicted molar refractivity (Wildman–Crippen MR) is 132 cm³/mol. The van der Waals surface area contributed by atoms with Crippen LogP contribution in [0.2, 0.25) is 0 Å². The van der Waals surface area contributed by atoms with E-state index in [0.29, 0.717) is 28.3 Å². The van der Waals surface area contributed by atoms with E-state index in [1.807, 2.05) is 0 Å². The van der Waals surface area contributed by atoms with E-state index < -0.39 is 46.9 Å². The summed E-state index contributed by atoms with van der Waals surface area (Å²) in [7, 11) is 3.06. The lowest BCUT2D eigenvalue weighted by molar-refractivity contribution is -0.127. The number of rotatable bonds is 4. The monoisotopic (exact) mass is 497 g/mol. The molecule has 3 atom stereocenters. The highest BCUT2D eigenvalue weighted by atomic mass is 16.5. The third-order valence-corrected chi connectivity index (χ3v) is 7.61. The molecule has 0 aromatic heterocycles. The van der Waals surface area contributed by atoms with Crippen LogP contribution >= 0.6 is 0 Å². The van der Waals surface area contributed by atoms with Crippen molar-refractivity contribution in [1.82, 2.24) is 0 Å². The van der Waals surface area contributed by atoms with Crippen molar-refractivity contribution < 1.29 is 33.4 Å². The molecule has 0 saturated carbocycles. The van der Waals surface area contributed by atoms with E-state index >= 15 is 0 Å². The molecule has 3 aromatic carbocycles. The second-order valence-corrected chi connectivity index (χ2v) is 9.42. The van der Waals surface area contributed by atoms with Crippen LogP contribution in [-0.2, 0) is 14.3 Å². The van der Waals surface area contributed by atoms with Gasteiger partial charge in [0.1, 0.15) is 11.5 Å². The first kappa shape index (κ1) is 23.1. The number of fused-ring (bicyclic) bond motifs is 3. The first-order valence-electron chi connectivity index (χ1n) is 11.9. The number of imide groups is 1. The second kappa shape index (κ2) is 8.11. The molecule has 2 saturated heterocycles. The average Bonchev–Trinajstić information content (AvgIpc) is 3.49. The number of carbonyl (C=O) groups excluding carboxylic acids is 4. The largest absolute Gasteiger partial charge is 0.497 e. The number of carbonyl (C=O) groups is 4. The van der Waals surface area contributed by atoms with Gasteiger partial charge in [-0.05, 0) is 48.4 Å². The maximum Gasteiger partial charge on any atom is 0.241 e. The maximum absolute atomic E-state index is 14.1. The van der Waals surface area contributed by atoms with Crippen molar-refractivity contribution in [2.75, 3.05) is 19.1 Å². The summed E-state index contributed by atoms with van der Waals surface area (Å²) in [6.45, 7) is 1.77. The Balaban J connectivity index is 1.52. The van der Waals surface area contributed by atoms with Crippen LogP contribution in [-0.4, -0.2) is 43.2 Å². The Bertz CT molecular complexity index is 1460. The molecule has 3 aliphatic rings. The van der Waals surface area contributed by atoms with Gasteiger partial charge in [0.25, 0.3) is 0 Å². The molecule has 1 aliphatic carbocycles. The van der Waals surface area contributed by atoms with Gasteiger partial charge in [0, 0.05) is 11.1 Å². The summed E-state index contributed by atoms with van der Waals surface area (Å²) in [6.07, 6.45) is -0.988. The number of aryl methyl sites for hydroxylation is 1. The summed E-state index contributed by atoms with van der Waals surface area (Å²) < 4.78 is 16.8. The molecule has 2 aliphatic heterocycles. The maximum atomic E-state index is 14.1. The molecule has 186 valence electrons. The summed E-state index contributed by atoms with van der Waals surface area (Å²) in [5, 5.41) is 0. The number of methoxy groups -OCH3 is 2. The SMILES string of the molecule is COc1ccc(C2OC3(C(=O)c4ccccc4C3=O)C3C(=O)N(c4ccc(OC)cc4C)C(=O)C23)cc1. The number of anilines is 1. The Morgan fingerprint density at radius 3 is 1.95 bits per heavy atom. The predicted octanol–water partition coefficient (Wildman–Crippen LogP) is 3.71. The highest BCUT2D eigenvalue weighted by molar-refractivity contribution is 6.37. The molecule has 1 spiro atoms. The first-order valence-corrected chi connectivity index (χ1v) is 11.9. The third kappa shape index (κ3) is 2.99. The topological polar surface area (TPSA) is 99.2 Å². The quantitative estimate of drug-likeness (QED) is 0.400. The van der Waals surface area contributed by atoms with Crippen LogP contribution in [0.1, 0.15) is 37.9 Å². The highest BCUT2D eigenvalue weighted by Crippen LogP contribution is 2.58. The number of Topliss-reactive ketones (excluding diaryl/α,β-unsaturated/α-hetero) is 2. The van der Waals surface area contributed by atoms with E-state index in [0.717, 1.165) is 4.90 Å². The van der Waals surface area contributed by atoms with Gasteiger partial charge in [-0.2, -0.15) is 0 Å². The number of ether oxygens (including phenoxy) is 3. The lowest BCUT2D eigenvalue weighted by Crippen LogP contribution is -2.51. The number of benzene rings is 3. The van der Waals surface area contributed by atoms with Crippen molar-refractivity contribution in [3.63, 3.8) is 0 Å². The van der Waals surface area contributed by atoms with Gasteiger partial charge in [0.2, 0.25) is 29.0 Å². The van der Waals surface area contributed by atoms with Gasteiger partial charge in [-0.3, -0.25) is 19.2 Å². The number of hydrogen-bond donors (Lipinski definition) is 0. The smallest absolute Gasteiger partial charge is 0.241 e. The van der Waals surface area contributed by atoms with Gasteiger partial charge in [0.05, 0.1) is 37.8 Å². The van der Waals surface area contributed by atoms with Crippen molar-refractivity contribution in [2.24, 2.45) is 11.8 Å². The number of amides is 2. The van der Waals surface area contributed by atoms with Gasteiger partial charge < -0.3 is 14.2 Å². The summed E-state index contributed by atoms with van der Waals surface area (Å²) in [5.41, 5.74) is -0.130. The molecule has 0 N–H and O–H groups in total. The Kier molecular flexibility index (Phi) is 5.07. The Morgan fingerprint density at radius 2 is 1.38 bits per heavy atom. The zero-order valence-electron chi connectivity index (χ0n) is 20.4. The molecule has 8 nitrogen and oxygen atoms in total. The fraction of sp³-hybridized carbons (Fsp3) is 0.241. The van der Waals surface area contributed by atoms with Crippen molar-refractivity contribution >= 4 is 29.1 Å². The van der Waals surface area contributed by atoms with Gasteiger partial charge in [-0.1, -0.05) is 36.4 Å². The Hall–Kier alpha value is -4.30. The van der Waals surface area contributed by atoms with E-state index in [-0.39, 0.29) is 11.1 Å². The normalized spacial score (nSPS) is 23.5. The molecular weight excluding hydrogens is 474 g/mol. The molecule has 3 aromatic rings. The summed E-state index contributed by atoms with van der Waals surface area (Å²) in [5.74, 6) is -3.52. The molecule has 6 rings (SSSR count). The molecular formula is C29H23NO7. The lowest BCUT2D eigenvalue weighted by Gasteiger charge is -2.27. The average molecular weight is 498 g/mol. The summed E-state index contributed by atoms with van der Waals surface area (Å²) in [6, 6.07) is 18.3. The van der Waals surface area contributed by atoms with Crippen molar-refractivity contribution in [2.45, 2.75) is 18.6 Å². The van der Waals surface area contributed by atoms with E-state index in [4.69, 9.17) is 14.2 Å². The molecule has 0 radical (unpaired) electrons. The van der Waals surface area contributed by atoms with Crippen LogP contribution in [0.25, 0.3) is 0 Å². The molecule has 2 fully saturated rings. The van der Waals surface area contributed by atoms with Crippen molar-refractivity contribution in [3.8, 4) is 11.5 Å². The molecule has 2 amide bonds. The van der Waals surface area contributed by atoms with Crippen LogP contribution in [0.15, 0.2) is 66.7 Å². The fourth-order valence-corrected chi connectivity index (χ4v) is 5.85. The Morgan fingerprint density at radius 1 is 0.784 bits per heavy atom. The molecule has 2 heterocycles. The first-order chi connectivity index (χ1) is 17.8. The van der Waals surface area contributed by atoms with Crippen LogP contribution in [0, 0.1) is 18.8 Å². The number of nitrogens with zero attached hydrogens (tertiary/aromatic N) is 1. The van der Waals surface area contributed by atoms with E-state index in [2.05, 4.69) is 0 Å². The van der Waals surface area contributed by atoms with Crippen LogP contribution < -0.4 is 14.4 Å². The molecule has 0 bridgehead atoms. The van der Waals surface area contributed by atoms with E-state index in [1.165, 1.54) is 14.2 Å². The van der Waals surface area contributed by atoms with Crippen LogP contribution in [0.5, 0.6) is 11.5 Å². The van der Waals surface area contributed by atoms with Crippen molar-refractivity contribution in [1.29, 1.82) is 0 Å². The summed E-state index contributed by atoms with van der Waals surface area (Å²) in [4.78, 5) is 56.8. The molecule has 3 unspecified atom stereocenters. The van der Waals surface area contributed by atoms with Gasteiger partial charge in [0.15, 0.2) is 0 Å². The highest BCUT2D eigenvalue weighted by Gasteiger charge is 2.74. The molecule has 37 heavy (non-hydrogen) atoms. The minimum absolute atomic E-state index is 0.195. The minimum atomic E-state index is -2.11. The Labute approximate surface area is 212 Å². The van der Waals surface area contributed by atoms with Crippen LogP contribution in [0.4, 0.5) is 5.69 Å². The van der Waals surface area contributed by atoms with Gasteiger partial charge in [-0.15, -0.1) is 0 Å². The van der Waals surface area contributed by atoms with Crippen molar-refractivity contribution in [3.05, 3.63) is 89.0 Å². The standard InChI is InChI=1S/C29H23NO7/c1-15-14-18(36-3)12-13-21(15)30-27(33)22-23(28(30)34)29(25(31)19-6-4-5-7-20(19)26(29)32)37-24(22)16-8-10-17(35-2)11-9-16/h4-14,22-24H,1-3H3. The summed E-state index contributed by atoms with van der Waals surface area (Å²) >= 11 is 0. The lowest BCUT2D eigenvalue weighted by atomic mass is 9.77. The van der Waals surface area contributed by atoms with Gasteiger partial charge >= 0.3 is 0 Å². The van der Waals surface area contributed by atoms with Gasteiger partial charge in [-0.25, -0.2) is 4.90 Å². The van der Waals surface area contributed by atoms with E-state index in [9.17, 15) is 19.2 Å². The molecule has 8 heteroatoms. The van der Waals surface area contributed by atoms with Crippen LogP contribution in [0.3, 0.4) is 0 Å². The zero-order valence-corrected chi connectivity index (χ0v) is 20.4. The van der Waals surface area contributed by atoms with E-state index in [1.54, 1.807) is 73.7 Å². The second-order valence-electron chi connectivity index (χ2n) is 9.42. The number of hydrogen-bond acceptors (Lipinski definition) is 7. The third-order valence-electron chi connectivity index (χ3n) is 7.61. The zero-order chi connectivity index (χ0) is 26.1. The minimum Gasteiger partial charge on any atom is -0.497 e.